The number of hydrogen-bond donors (Lipinski definition) is 3. The number of nitrogens with zero attached hydrogens (tertiary/aromatic N) is 3. The molecule has 0 bridgehead atoms. The molecule has 1 atom stereocenters. The van der Waals surface area contributed by atoms with Gasteiger partial charge in [0, 0.05) is 12.7 Å². The normalized spacial score (nSPS) is 16.4. The van der Waals surface area contributed by atoms with Gasteiger partial charge in [0.1, 0.15) is 6.04 Å². The van der Waals surface area contributed by atoms with E-state index in [0.717, 1.165) is 12.1 Å². The molecule has 0 spiro atoms. The number of carboxylic acid groups (broad SMARTS) is 1. The molecule has 1 aliphatic rings. The topological polar surface area (TPSA) is 106 Å². The number of aromatic carboxylic acids is 1. The first-order valence-corrected chi connectivity index (χ1v) is 10.3. The van der Waals surface area contributed by atoms with Gasteiger partial charge in [-0.3, -0.25) is 15.2 Å². The molecule has 0 saturated carbocycles. The van der Waals surface area contributed by atoms with Crippen molar-refractivity contribution < 1.29 is 27.9 Å². The predicted molar refractivity (Wildman–Crippen MR) is 125 cm³/mol. The third kappa shape index (κ3) is 5.51. The first-order valence-electron chi connectivity index (χ1n) is 9.55. The van der Waals surface area contributed by atoms with Gasteiger partial charge in [0.05, 0.1) is 21.9 Å². The number of likely N-dealkylation sites (N-methyl/N-ethyl adjacent to an activating group) is 1. The van der Waals surface area contributed by atoms with Gasteiger partial charge in [0.25, 0.3) is 0 Å². The monoisotopic (exact) mass is 511 g/mol. The molecule has 0 saturated heterocycles. The van der Waals surface area contributed by atoms with Crippen molar-refractivity contribution in [2.75, 3.05) is 12.4 Å². The summed E-state index contributed by atoms with van der Waals surface area (Å²) in [7, 11) is 1.53. The number of anilines is 1. The molecule has 2 aromatic carbocycles. The van der Waals surface area contributed by atoms with Crippen LogP contribution < -0.4 is 10.7 Å². The van der Waals surface area contributed by atoms with Gasteiger partial charge in [0.2, 0.25) is 5.78 Å². The zero-order chi connectivity index (χ0) is 25.2. The Morgan fingerprint density at radius 3 is 2.44 bits per heavy atom. The minimum absolute atomic E-state index is 0.0169. The molecule has 1 unspecified atom stereocenters. The van der Waals surface area contributed by atoms with Crippen molar-refractivity contribution in [3.8, 4) is 0 Å². The molecule has 34 heavy (non-hydrogen) atoms. The van der Waals surface area contributed by atoms with Crippen LogP contribution in [0.25, 0.3) is 0 Å². The van der Waals surface area contributed by atoms with E-state index in [0.29, 0.717) is 11.3 Å². The number of carbonyl (C=O) groups excluding carboxylic acids is 1. The zero-order valence-corrected chi connectivity index (χ0v) is 19.2. The maximum Gasteiger partial charge on any atom is 0.416 e. The van der Waals surface area contributed by atoms with Crippen LogP contribution in [0.5, 0.6) is 0 Å². The third-order valence-electron chi connectivity index (χ3n) is 4.79. The number of rotatable bonds is 5. The second-order valence-corrected chi connectivity index (χ2v) is 7.99. The molecular weight excluding hydrogens is 495 g/mol. The molecule has 0 amide bonds. The Morgan fingerprint density at radius 2 is 1.88 bits per heavy atom. The number of benzene rings is 2. The van der Waals surface area contributed by atoms with Gasteiger partial charge >= 0.3 is 12.1 Å². The molecule has 8 nitrogen and oxygen atoms in total. The predicted octanol–water partition coefficient (Wildman–Crippen LogP) is 4.33. The Hall–Kier alpha value is -3.51. The molecule has 3 N–H and O–H groups in total. The van der Waals surface area contributed by atoms with E-state index in [2.05, 4.69) is 20.9 Å². The largest absolute Gasteiger partial charge is 0.478 e. The molecule has 1 aliphatic heterocycles. The number of thiocarbonyl (C=S) groups is 1. The van der Waals surface area contributed by atoms with E-state index in [1.165, 1.54) is 49.3 Å². The van der Waals surface area contributed by atoms with Crippen molar-refractivity contribution >= 4 is 57.8 Å². The molecule has 3 rings (SSSR count). The summed E-state index contributed by atoms with van der Waals surface area (Å²) < 4.78 is 38.4. The van der Waals surface area contributed by atoms with Crippen LogP contribution in [-0.4, -0.2) is 45.5 Å². The highest BCUT2D eigenvalue weighted by Crippen LogP contribution is 2.32. The third-order valence-corrected chi connectivity index (χ3v) is 5.30. The Balaban J connectivity index is 1.67. The van der Waals surface area contributed by atoms with Crippen molar-refractivity contribution in [3.63, 3.8) is 0 Å². The summed E-state index contributed by atoms with van der Waals surface area (Å²) in [6.45, 7) is 1.52. The van der Waals surface area contributed by atoms with Crippen LogP contribution >= 0.6 is 23.8 Å². The average Bonchev–Trinajstić information content (AvgIpc) is 3.05. The van der Waals surface area contributed by atoms with Gasteiger partial charge in [0.15, 0.2) is 10.8 Å². The van der Waals surface area contributed by atoms with Gasteiger partial charge in [-0.05, 0) is 55.0 Å². The second-order valence-electron chi connectivity index (χ2n) is 7.17. The van der Waals surface area contributed by atoms with Crippen LogP contribution in [0.2, 0.25) is 5.02 Å². The lowest BCUT2D eigenvalue weighted by Gasteiger charge is -2.18. The summed E-state index contributed by atoms with van der Waals surface area (Å²) >= 11 is 11.1. The lowest BCUT2D eigenvalue weighted by Crippen LogP contribution is -2.29. The summed E-state index contributed by atoms with van der Waals surface area (Å²) in [6, 6.07) is 7.58. The van der Waals surface area contributed by atoms with Crippen molar-refractivity contribution in [1.29, 1.82) is 0 Å². The van der Waals surface area contributed by atoms with E-state index < -0.39 is 29.5 Å². The summed E-state index contributed by atoms with van der Waals surface area (Å²) in [5.74, 6) is -1.60. The highest BCUT2D eigenvalue weighted by Gasteiger charge is 2.37. The van der Waals surface area contributed by atoms with E-state index in [1.54, 1.807) is 0 Å². The lowest BCUT2D eigenvalue weighted by atomic mass is 9.98. The van der Waals surface area contributed by atoms with E-state index in [1.807, 2.05) is 0 Å². The summed E-state index contributed by atoms with van der Waals surface area (Å²) in [5, 5.41) is 21.4. The highest BCUT2D eigenvalue weighted by atomic mass is 35.5. The number of carbonyl (C=O) groups is 2. The number of ketones is 1. The molecule has 178 valence electrons. The standard InChI is InChI=1S/C21H17ClF3N5O3S/c1-10(27-28-20(34)26-13-7-8-14(19(32)33)15(22)9-13)16-18(31)17(30(2)29-16)11-3-5-12(6-4-11)21(23,24)25/h3-9,17H,1-2H3,(H,32,33)(H2,26,28,34)/b27-10+. The second kappa shape index (κ2) is 9.77. The highest BCUT2D eigenvalue weighted by molar-refractivity contribution is 7.80. The minimum Gasteiger partial charge on any atom is -0.478 e. The average molecular weight is 512 g/mol. The first-order chi connectivity index (χ1) is 15.9. The molecular formula is C21H17ClF3N5O3S. The van der Waals surface area contributed by atoms with Crippen molar-refractivity contribution in [2.45, 2.75) is 19.1 Å². The van der Waals surface area contributed by atoms with Gasteiger partial charge in [-0.1, -0.05) is 23.7 Å². The number of hydrazone groups is 2. The molecule has 13 heteroatoms. The van der Waals surface area contributed by atoms with Crippen LogP contribution in [0.15, 0.2) is 52.7 Å². The van der Waals surface area contributed by atoms with Gasteiger partial charge in [-0.15, -0.1) is 0 Å². The number of nitrogens with one attached hydrogen (secondary N) is 2. The van der Waals surface area contributed by atoms with Gasteiger partial charge < -0.3 is 10.4 Å². The van der Waals surface area contributed by atoms with Crippen LogP contribution in [-0.2, 0) is 11.0 Å². The summed E-state index contributed by atoms with van der Waals surface area (Å²) in [6.07, 6.45) is -4.48. The molecule has 1 heterocycles. The van der Waals surface area contributed by atoms with Crippen LogP contribution in [0.4, 0.5) is 18.9 Å². The van der Waals surface area contributed by atoms with Crippen LogP contribution in [0.1, 0.15) is 34.5 Å². The number of alkyl halides is 3. The first kappa shape index (κ1) is 25.1. The maximum absolute atomic E-state index is 12.9. The molecule has 0 radical (unpaired) electrons. The Labute approximate surface area is 202 Å². The molecule has 0 fully saturated rings. The smallest absolute Gasteiger partial charge is 0.416 e. The number of Topliss-reactive ketones (excluding diaryl/α,β-unsaturated/α-hetero) is 1. The quantitative estimate of drug-likeness (QED) is 0.311. The SMILES string of the molecule is C/C(=N\NC(=S)Nc1ccc(C(=O)O)c(Cl)c1)C1=NN(C)C(c2ccc(C(F)(F)F)cc2)C1=O. The number of halogens is 4. The van der Waals surface area contributed by atoms with E-state index in [-0.39, 0.29) is 27.1 Å². The fraction of sp³-hybridized carbons (Fsp3) is 0.190. The minimum atomic E-state index is -4.48. The lowest BCUT2D eigenvalue weighted by molar-refractivity contribution is -0.137. The fourth-order valence-corrected chi connectivity index (χ4v) is 3.57. The van der Waals surface area contributed by atoms with Crippen molar-refractivity contribution in [1.82, 2.24) is 10.4 Å². The molecule has 2 aromatic rings. The maximum atomic E-state index is 12.9. The summed E-state index contributed by atoms with van der Waals surface area (Å²) in [5.41, 5.74) is 2.67. The molecule has 0 aliphatic carbocycles. The Morgan fingerprint density at radius 1 is 1.24 bits per heavy atom. The van der Waals surface area contributed by atoms with Crippen molar-refractivity contribution in [3.05, 3.63) is 64.2 Å². The van der Waals surface area contributed by atoms with E-state index in [4.69, 9.17) is 28.9 Å². The number of carboxylic acids is 1. The van der Waals surface area contributed by atoms with E-state index in [9.17, 15) is 22.8 Å². The van der Waals surface area contributed by atoms with Gasteiger partial charge in [-0.25, -0.2) is 4.79 Å². The summed E-state index contributed by atoms with van der Waals surface area (Å²) in [4.78, 5) is 23.9. The Bertz CT molecular complexity index is 1220. The Kier molecular flexibility index (Phi) is 7.22. The van der Waals surface area contributed by atoms with Crippen LogP contribution in [0, 0.1) is 0 Å². The number of hydrogen-bond acceptors (Lipinski definition) is 6. The van der Waals surface area contributed by atoms with E-state index >= 15 is 0 Å². The van der Waals surface area contributed by atoms with Crippen LogP contribution in [0.3, 0.4) is 0 Å². The zero-order valence-electron chi connectivity index (χ0n) is 17.6. The molecule has 0 aromatic heterocycles. The van der Waals surface area contributed by atoms with Crippen molar-refractivity contribution in [2.24, 2.45) is 10.2 Å². The fourth-order valence-electron chi connectivity index (χ4n) is 3.15. The van der Waals surface area contributed by atoms with Gasteiger partial charge in [-0.2, -0.15) is 23.4 Å².